The number of carbonyl (C=O) groups excluding carboxylic acids is 1. The molecule has 0 spiro atoms. The highest BCUT2D eigenvalue weighted by atomic mass is 35.5. The van der Waals surface area contributed by atoms with Gasteiger partial charge < -0.3 is 5.32 Å². The van der Waals surface area contributed by atoms with E-state index in [1.165, 1.54) is 0 Å². The van der Waals surface area contributed by atoms with E-state index >= 15 is 0 Å². The van der Waals surface area contributed by atoms with Gasteiger partial charge in [0.1, 0.15) is 5.41 Å². The van der Waals surface area contributed by atoms with Crippen molar-refractivity contribution in [3.8, 4) is 6.07 Å². The number of nitrogens with one attached hydrogen (secondary N) is 1. The van der Waals surface area contributed by atoms with Crippen molar-refractivity contribution in [1.29, 1.82) is 5.26 Å². The van der Waals surface area contributed by atoms with E-state index < -0.39 is 5.41 Å². The Hall–Kier alpha value is -1.53. The maximum atomic E-state index is 12.0. The molecule has 0 unspecified atom stereocenters. The van der Waals surface area contributed by atoms with Gasteiger partial charge in [0.25, 0.3) is 0 Å². The zero-order valence-electron chi connectivity index (χ0n) is 9.53. The monoisotopic (exact) mass is 248 g/mol. The fourth-order valence-corrected chi connectivity index (χ4v) is 2.46. The van der Waals surface area contributed by atoms with Crippen LogP contribution in [0.1, 0.15) is 19.8 Å². The van der Waals surface area contributed by atoms with Crippen LogP contribution in [0.3, 0.4) is 0 Å². The Kier molecular flexibility index (Phi) is 3.08. The number of nitriles is 1. The third-order valence-electron chi connectivity index (χ3n) is 3.12. The Morgan fingerprint density at radius 1 is 1.59 bits per heavy atom. The number of hydrogen-bond acceptors (Lipinski definition) is 2. The molecule has 1 aliphatic rings. The van der Waals surface area contributed by atoms with E-state index in [1.807, 2.05) is 6.92 Å². The topological polar surface area (TPSA) is 52.9 Å². The molecule has 17 heavy (non-hydrogen) atoms. The van der Waals surface area contributed by atoms with Crippen molar-refractivity contribution < 1.29 is 4.79 Å². The molecule has 1 aromatic carbocycles. The number of halogens is 1. The van der Waals surface area contributed by atoms with Crippen molar-refractivity contribution in [2.24, 2.45) is 11.3 Å². The van der Waals surface area contributed by atoms with Crippen molar-refractivity contribution in [3.63, 3.8) is 0 Å². The largest absolute Gasteiger partial charge is 0.325 e. The molecular formula is C13H13ClN2O. The number of carbonyl (C=O) groups is 1. The predicted molar refractivity (Wildman–Crippen MR) is 66.5 cm³/mol. The summed E-state index contributed by atoms with van der Waals surface area (Å²) in [5.74, 6) is 0.222. The molecule has 1 fully saturated rings. The molecule has 1 amide bonds. The summed E-state index contributed by atoms with van der Waals surface area (Å²) >= 11 is 5.83. The minimum absolute atomic E-state index is 0.222. The summed E-state index contributed by atoms with van der Waals surface area (Å²) in [7, 11) is 0. The predicted octanol–water partition coefficient (Wildman–Crippen LogP) is 3.22. The van der Waals surface area contributed by atoms with E-state index in [0.717, 1.165) is 0 Å². The van der Waals surface area contributed by atoms with Crippen molar-refractivity contribution in [3.05, 3.63) is 29.3 Å². The van der Waals surface area contributed by atoms with E-state index in [4.69, 9.17) is 16.9 Å². The number of rotatable bonds is 2. The van der Waals surface area contributed by atoms with Crippen LogP contribution in [-0.4, -0.2) is 5.91 Å². The molecule has 0 atom stereocenters. The highest BCUT2D eigenvalue weighted by Crippen LogP contribution is 2.45. The van der Waals surface area contributed by atoms with Crippen LogP contribution in [0.2, 0.25) is 5.02 Å². The second-order valence-corrected chi connectivity index (χ2v) is 5.11. The van der Waals surface area contributed by atoms with Crippen molar-refractivity contribution in [1.82, 2.24) is 0 Å². The summed E-state index contributed by atoms with van der Waals surface area (Å²) in [4.78, 5) is 12.0. The summed E-state index contributed by atoms with van der Waals surface area (Å²) < 4.78 is 0. The average Bonchev–Trinajstić information content (AvgIpc) is 2.24. The maximum absolute atomic E-state index is 12.0. The van der Waals surface area contributed by atoms with Gasteiger partial charge in [-0.3, -0.25) is 4.79 Å². The second kappa shape index (κ2) is 4.38. The first-order valence-corrected chi connectivity index (χ1v) is 5.92. The number of amides is 1. The summed E-state index contributed by atoms with van der Waals surface area (Å²) in [6, 6.07) is 9.07. The minimum Gasteiger partial charge on any atom is -0.325 e. The first-order valence-electron chi connectivity index (χ1n) is 5.54. The molecule has 88 valence electrons. The zero-order valence-corrected chi connectivity index (χ0v) is 10.3. The van der Waals surface area contributed by atoms with Crippen molar-refractivity contribution in [2.45, 2.75) is 19.8 Å². The van der Waals surface area contributed by atoms with Gasteiger partial charge in [0.15, 0.2) is 0 Å². The summed E-state index contributed by atoms with van der Waals surface area (Å²) in [5, 5.41) is 12.4. The average molecular weight is 249 g/mol. The molecule has 4 heteroatoms. The summed E-state index contributed by atoms with van der Waals surface area (Å²) in [6.45, 7) is 2.04. The van der Waals surface area contributed by atoms with Crippen LogP contribution in [0.15, 0.2) is 24.3 Å². The molecule has 0 radical (unpaired) electrons. The number of nitrogens with zero attached hydrogens (tertiary/aromatic N) is 1. The lowest BCUT2D eigenvalue weighted by molar-refractivity contribution is -0.128. The molecule has 1 aromatic rings. The molecule has 1 saturated carbocycles. The van der Waals surface area contributed by atoms with E-state index in [2.05, 4.69) is 11.4 Å². The van der Waals surface area contributed by atoms with E-state index in [0.29, 0.717) is 29.5 Å². The molecular weight excluding hydrogens is 236 g/mol. The Morgan fingerprint density at radius 3 is 2.82 bits per heavy atom. The summed E-state index contributed by atoms with van der Waals surface area (Å²) in [5.41, 5.74) is -0.210. The van der Waals surface area contributed by atoms with Crippen LogP contribution in [0.5, 0.6) is 0 Å². The number of anilines is 1. The zero-order chi connectivity index (χ0) is 12.5. The van der Waals surface area contributed by atoms with Gasteiger partial charge in [0.2, 0.25) is 5.91 Å². The van der Waals surface area contributed by atoms with E-state index in [1.54, 1.807) is 24.3 Å². The third kappa shape index (κ3) is 2.27. The Labute approximate surface area is 105 Å². The highest BCUT2D eigenvalue weighted by Gasteiger charge is 2.48. The lowest BCUT2D eigenvalue weighted by Gasteiger charge is -2.39. The highest BCUT2D eigenvalue weighted by molar-refractivity contribution is 6.30. The van der Waals surface area contributed by atoms with E-state index in [-0.39, 0.29) is 5.91 Å². The van der Waals surface area contributed by atoms with Crippen LogP contribution >= 0.6 is 11.6 Å². The summed E-state index contributed by atoms with van der Waals surface area (Å²) in [6.07, 6.45) is 1.27. The molecule has 0 aliphatic heterocycles. The molecule has 1 aliphatic carbocycles. The van der Waals surface area contributed by atoms with Crippen molar-refractivity contribution >= 4 is 23.2 Å². The van der Waals surface area contributed by atoms with Gasteiger partial charge in [-0.2, -0.15) is 5.26 Å². The van der Waals surface area contributed by atoms with E-state index in [9.17, 15) is 4.79 Å². The van der Waals surface area contributed by atoms with Gasteiger partial charge in [-0.1, -0.05) is 24.6 Å². The third-order valence-corrected chi connectivity index (χ3v) is 3.36. The molecule has 0 saturated heterocycles. The SMILES string of the molecule is CC1CC(C#N)(C(=O)Nc2cccc(Cl)c2)C1. The Balaban J connectivity index is 2.10. The van der Waals surface area contributed by atoms with Gasteiger partial charge >= 0.3 is 0 Å². The second-order valence-electron chi connectivity index (χ2n) is 4.67. The van der Waals surface area contributed by atoms with Crippen LogP contribution in [0, 0.1) is 22.7 Å². The van der Waals surface area contributed by atoms with Crippen LogP contribution in [0.4, 0.5) is 5.69 Å². The quantitative estimate of drug-likeness (QED) is 0.874. The molecule has 1 N–H and O–H groups in total. The smallest absolute Gasteiger partial charge is 0.244 e. The van der Waals surface area contributed by atoms with Crippen LogP contribution in [0.25, 0.3) is 0 Å². The van der Waals surface area contributed by atoms with Gasteiger partial charge in [-0.05, 0) is 37.0 Å². The maximum Gasteiger partial charge on any atom is 0.244 e. The van der Waals surface area contributed by atoms with Crippen molar-refractivity contribution in [2.75, 3.05) is 5.32 Å². The molecule has 0 bridgehead atoms. The number of hydrogen-bond donors (Lipinski definition) is 1. The number of benzene rings is 1. The lowest BCUT2D eigenvalue weighted by Crippen LogP contribution is -2.45. The van der Waals surface area contributed by atoms with Crippen LogP contribution in [-0.2, 0) is 4.79 Å². The van der Waals surface area contributed by atoms with Gasteiger partial charge in [-0.25, -0.2) is 0 Å². The first-order chi connectivity index (χ1) is 8.05. The first kappa shape index (κ1) is 11.9. The van der Waals surface area contributed by atoms with Gasteiger partial charge in [0.05, 0.1) is 6.07 Å². The molecule has 2 rings (SSSR count). The Morgan fingerprint density at radius 2 is 2.29 bits per heavy atom. The minimum atomic E-state index is -0.846. The molecule has 0 heterocycles. The normalized spacial score (nSPS) is 26.8. The molecule has 3 nitrogen and oxygen atoms in total. The van der Waals surface area contributed by atoms with Gasteiger partial charge in [0, 0.05) is 10.7 Å². The lowest BCUT2D eigenvalue weighted by atomic mass is 9.63. The van der Waals surface area contributed by atoms with Crippen LogP contribution < -0.4 is 5.32 Å². The fourth-order valence-electron chi connectivity index (χ4n) is 2.27. The Bertz CT molecular complexity index is 486. The van der Waals surface area contributed by atoms with Gasteiger partial charge in [-0.15, -0.1) is 0 Å². The fraction of sp³-hybridized carbons (Fsp3) is 0.385. The molecule has 0 aromatic heterocycles. The standard InChI is InChI=1S/C13H13ClN2O/c1-9-6-13(7-9,8-15)12(17)16-11-4-2-3-10(14)5-11/h2-5,9H,6-7H2,1H3,(H,16,17).